The fourth-order valence-corrected chi connectivity index (χ4v) is 11.9. The Bertz CT molecular complexity index is 1300. The number of aliphatic hydroxyl groups excluding tert-OH is 1. The summed E-state index contributed by atoms with van der Waals surface area (Å²) in [5.41, 5.74) is -1.07. The highest BCUT2D eigenvalue weighted by atomic mass is 32.2. The van der Waals surface area contributed by atoms with Crippen molar-refractivity contribution in [1.29, 1.82) is 0 Å². The van der Waals surface area contributed by atoms with Crippen LogP contribution < -0.4 is 5.32 Å². The van der Waals surface area contributed by atoms with Crippen molar-refractivity contribution >= 4 is 17.7 Å². The highest BCUT2D eigenvalue weighted by Crippen LogP contribution is 2.57. The molecule has 0 bridgehead atoms. The Morgan fingerprint density at radius 2 is 1.65 bits per heavy atom. The molecule has 19 atom stereocenters. The second-order valence-corrected chi connectivity index (χ2v) is 19.9. The van der Waals surface area contributed by atoms with Gasteiger partial charge in [0.05, 0.1) is 78.4 Å². The first-order valence-electron chi connectivity index (χ1n) is 21.1. The normalized spacial score (nSPS) is 51.8. The molecule has 54 heavy (non-hydrogen) atoms. The number of aliphatic hydroxyl groups is 2. The Hall–Kier alpha value is -0.540. The van der Waals surface area contributed by atoms with Crippen molar-refractivity contribution in [3.8, 4) is 0 Å². The smallest absolute Gasteiger partial charge is 0.226 e. The Kier molecular flexibility index (Phi) is 13.2. The van der Waals surface area contributed by atoms with E-state index in [1.165, 1.54) is 0 Å². The van der Waals surface area contributed by atoms with E-state index in [0.29, 0.717) is 11.8 Å². The van der Waals surface area contributed by atoms with Crippen LogP contribution in [0.15, 0.2) is 0 Å². The summed E-state index contributed by atoms with van der Waals surface area (Å²) in [6, 6.07) is 0. The monoisotopic (exact) mass is 783 g/mol. The second-order valence-electron chi connectivity index (χ2n) is 19.0. The average Bonchev–Trinajstić information content (AvgIpc) is 3.81. The number of amides is 1. The van der Waals surface area contributed by atoms with Crippen LogP contribution in [0.1, 0.15) is 120 Å². The van der Waals surface area contributed by atoms with Crippen molar-refractivity contribution in [2.24, 2.45) is 41.4 Å². The van der Waals surface area contributed by atoms with Crippen LogP contribution in [0.4, 0.5) is 0 Å². The zero-order valence-electron chi connectivity index (χ0n) is 35.0. The first kappa shape index (κ1) is 43.0. The molecule has 1 amide bonds. The number of ether oxygens (including phenoxy) is 7. The molecule has 3 N–H and O–H groups in total. The summed E-state index contributed by atoms with van der Waals surface area (Å²) < 4.78 is 47.5. The summed E-state index contributed by atoms with van der Waals surface area (Å²) in [6.07, 6.45) is 8.52. The lowest BCUT2D eigenvalue weighted by atomic mass is 9.78. The molecular formula is C42H73NO10S. The van der Waals surface area contributed by atoms with E-state index in [1.807, 2.05) is 20.1 Å². The van der Waals surface area contributed by atoms with Crippen molar-refractivity contribution in [1.82, 2.24) is 5.32 Å². The topological polar surface area (TPSA) is 134 Å². The number of methoxy groups -OCH3 is 1. The van der Waals surface area contributed by atoms with E-state index in [-0.39, 0.29) is 90.2 Å². The molecule has 0 aromatic rings. The van der Waals surface area contributed by atoms with Gasteiger partial charge in [0, 0.05) is 37.7 Å². The zero-order valence-corrected chi connectivity index (χ0v) is 35.8. The summed E-state index contributed by atoms with van der Waals surface area (Å²) in [5, 5.41) is 24.0. The molecule has 6 fully saturated rings. The summed E-state index contributed by atoms with van der Waals surface area (Å²) in [4.78, 5) is 12.9. The molecule has 6 aliphatic heterocycles. The van der Waals surface area contributed by atoms with Crippen LogP contribution in [0.25, 0.3) is 0 Å². The maximum Gasteiger partial charge on any atom is 0.226 e. The number of carbonyl (C=O) groups is 1. The molecule has 1 spiro atoms. The van der Waals surface area contributed by atoms with Gasteiger partial charge in [0.15, 0.2) is 11.6 Å². The van der Waals surface area contributed by atoms with Crippen LogP contribution >= 0.6 is 11.8 Å². The van der Waals surface area contributed by atoms with Crippen molar-refractivity contribution in [2.45, 2.75) is 192 Å². The van der Waals surface area contributed by atoms with Crippen LogP contribution in [-0.2, 0) is 38.0 Å². The van der Waals surface area contributed by atoms with Crippen LogP contribution in [0.3, 0.4) is 0 Å². The highest BCUT2D eigenvalue weighted by Gasteiger charge is 2.65. The fourth-order valence-electron chi connectivity index (χ4n) is 11.6. The Morgan fingerprint density at radius 1 is 0.907 bits per heavy atom. The fraction of sp³-hybridized carbons (Fsp3) is 0.976. The lowest BCUT2D eigenvalue weighted by molar-refractivity contribution is -0.353. The molecule has 0 saturated carbocycles. The minimum absolute atomic E-state index is 0.00279. The standard InChI is InChI=1S/C42H73NO10S/c1-23-12-13-30(48-35(23)28(6)38(45)43-22-54-11)18-31-19-32(47-10)29(7)42(50-31)27(5)20-40(9,53-42)34-14-15-39(8,51-34)37-25(3)17-33(49-37)36-24(2)16-26(4)41(46,21-44)52-36/h23-37,44,46H,12-22H2,1-11H3,(H,43,45)/t23-,24-,25-,26+,27+,28+,29+,30+,31+,32+,33+,34?,35?,36+,37+,39-,40+,41-,42+/m0/s1. The Labute approximate surface area is 329 Å². The summed E-state index contributed by atoms with van der Waals surface area (Å²) in [6.45, 7) is 18.9. The summed E-state index contributed by atoms with van der Waals surface area (Å²) in [7, 11) is 1.80. The van der Waals surface area contributed by atoms with Gasteiger partial charge in [-0.25, -0.2) is 0 Å². The molecule has 12 heteroatoms. The minimum Gasteiger partial charge on any atom is -0.391 e. The summed E-state index contributed by atoms with van der Waals surface area (Å²) in [5.74, 6) is -1.24. The van der Waals surface area contributed by atoms with Gasteiger partial charge in [0.25, 0.3) is 0 Å². The first-order valence-corrected chi connectivity index (χ1v) is 22.5. The van der Waals surface area contributed by atoms with E-state index in [9.17, 15) is 15.0 Å². The van der Waals surface area contributed by atoms with E-state index < -0.39 is 29.4 Å². The van der Waals surface area contributed by atoms with E-state index in [0.717, 1.165) is 57.8 Å². The predicted molar refractivity (Wildman–Crippen MR) is 208 cm³/mol. The molecule has 11 nitrogen and oxygen atoms in total. The third kappa shape index (κ3) is 8.07. The van der Waals surface area contributed by atoms with Gasteiger partial charge in [-0.1, -0.05) is 48.5 Å². The van der Waals surface area contributed by atoms with Gasteiger partial charge < -0.3 is 48.7 Å². The minimum atomic E-state index is -1.55. The SMILES string of the molecule is CO[C@@H]1C[C@@H](C[C@H]2CC[C@H](C)C([C@@H](C)C(=O)NCSC)O2)O[C@]2(O[C@@](C)(C3CC[C@@](C)([C@@H]4O[C@@H]([C@@H]5O[C@@](O)(CO)[C@H](C)C[C@@H]5C)C[C@@H]4C)O3)C[C@H]2C)[C@@H]1C. The number of nitrogens with one attached hydrogen (secondary N) is 1. The molecule has 2 unspecified atom stereocenters. The zero-order chi connectivity index (χ0) is 39.4. The van der Waals surface area contributed by atoms with E-state index in [1.54, 1.807) is 18.9 Å². The number of thioether (sulfide) groups is 1. The third-order valence-corrected chi connectivity index (χ3v) is 15.3. The molecule has 6 aliphatic rings. The largest absolute Gasteiger partial charge is 0.391 e. The molecule has 0 radical (unpaired) electrons. The number of hydrogen-bond acceptors (Lipinski definition) is 11. The quantitative estimate of drug-likeness (QED) is 0.211. The van der Waals surface area contributed by atoms with Gasteiger partial charge in [-0.05, 0) is 82.8 Å². The maximum absolute atomic E-state index is 12.9. The van der Waals surface area contributed by atoms with Gasteiger partial charge in [-0.15, -0.1) is 11.8 Å². The van der Waals surface area contributed by atoms with Gasteiger partial charge >= 0.3 is 0 Å². The molecule has 6 heterocycles. The second kappa shape index (κ2) is 16.6. The lowest BCUT2D eigenvalue weighted by Gasteiger charge is -2.50. The van der Waals surface area contributed by atoms with Crippen molar-refractivity contribution in [2.75, 3.05) is 25.8 Å². The average molecular weight is 784 g/mol. The van der Waals surface area contributed by atoms with Crippen molar-refractivity contribution < 1.29 is 48.2 Å². The molecule has 6 saturated heterocycles. The van der Waals surface area contributed by atoms with Gasteiger partial charge in [-0.3, -0.25) is 4.79 Å². The van der Waals surface area contributed by atoms with Crippen molar-refractivity contribution in [3.63, 3.8) is 0 Å². The molecule has 0 aliphatic carbocycles. The van der Waals surface area contributed by atoms with Crippen LogP contribution in [0.2, 0.25) is 0 Å². The molecular weight excluding hydrogens is 711 g/mol. The maximum atomic E-state index is 12.9. The van der Waals surface area contributed by atoms with Crippen LogP contribution in [0.5, 0.6) is 0 Å². The van der Waals surface area contributed by atoms with E-state index in [4.69, 9.17) is 33.2 Å². The first-order chi connectivity index (χ1) is 25.4. The Balaban J connectivity index is 1.12. The molecule has 312 valence electrons. The van der Waals surface area contributed by atoms with E-state index >= 15 is 0 Å². The van der Waals surface area contributed by atoms with Gasteiger partial charge in [0.1, 0.15) is 0 Å². The predicted octanol–water partition coefficient (Wildman–Crippen LogP) is 6.06. The van der Waals surface area contributed by atoms with Crippen LogP contribution in [-0.4, -0.2) is 114 Å². The molecule has 6 rings (SSSR count). The summed E-state index contributed by atoms with van der Waals surface area (Å²) >= 11 is 1.60. The molecule has 0 aromatic carbocycles. The van der Waals surface area contributed by atoms with E-state index in [2.05, 4.69) is 53.8 Å². The Morgan fingerprint density at radius 3 is 2.33 bits per heavy atom. The highest BCUT2D eigenvalue weighted by molar-refractivity contribution is 7.98. The number of rotatable bonds is 11. The van der Waals surface area contributed by atoms with Gasteiger partial charge in [-0.2, -0.15) is 0 Å². The lowest BCUT2D eigenvalue weighted by Crippen LogP contribution is -2.58. The molecule has 0 aromatic heterocycles. The van der Waals surface area contributed by atoms with Crippen molar-refractivity contribution in [3.05, 3.63) is 0 Å². The number of hydrogen-bond donors (Lipinski definition) is 3. The number of carbonyl (C=O) groups excluding carboxylic acids is 1. The van der Waals surface area contributed by atoms with Crippen LogP contribution in [0, 0.1) is 41.4 Å². The third-order valence-electron chi connectivity index (χ3n) is 14.8. The van der Waals surface area contributed by atoms with Gasteiger partial charge in [0.2, 0.25) is 5.91 Å².